The average molecular weight is 295 g/mol. The first-order chi connectivity index (χ1) is 9.68. The topological polar surface area (TPSA) is 58.6 Å². The lowest BCUT2D eigenvalue weighted by atomic mass is 10.0. The van der Waals surface area contributed by atoms with E-state index in [0.29, 0.717) is 25.4 Å². The molecule has 0 spiro atoms. The highest BCUT2D eigenvalue weighted by molar-refractivity contribution is 7.99. The Hall–Kier alpha value is -1.04. The van der Waals surface area contributed by atoms with Gasteiger partial charge in [-0.3, -0.25) is 4.79 Å². The van der Waals surface area contributed by atoms with Crippen molar-refractivity contribution in [1.29, 1.82) is 0 Å². The molecule has 4 nitrogen and oxygen atoms in total. The number of thioether (sulfide) groups is 1. The van der Waals surface area contributed by atoms with E-state index in [2.05, 4.69) is 17.4 Å². The van der Waals surface area contributed by atoms with Crippen molar-refractivity contribution in [2.45, 2.75) is 18.4 Å². The first kappa shape index (κ1) is 15.4. The van der Waals surface area contributed by atoms with Gasteiger partial charge in [0.2, 0.25) is 5.91 Å². The maximum absolute atomic E-state index is 11.7. The minimum absolute atomic E-state index is 0.0246. The van der Waals surface area contributed by atoms with E-state index in [0.717, 1.165) is 12.2 Å². The van der Waals surface area contributed by atoms with Crippen molar-refractivity contribution in [2.75, 3.05) is 31.3 Å². The predicted octanol–water partition coefficient (Wildman–Crippen LogP) is 1.23. The second-order valence-corrected chi connectivity index (χ2v) is 6.20. The zero-order valence-electron chi connectivity index (χ0n) is 11.5. The summed E-state index contributed by atoms with van der Waals surface area (Å²) in [6.45, 7) is 1.16. The van der Waals surface area contributed by atoms with Crippen molar-refractivity contribution in [3.05, 3.63) is 35.9 Å². The minimum Gasteiger partial charge on any atom is -0.386 e. The van der Waals surface area contributed by atoms with Gasteiger partial charge in [-0.15, -0.1) is 0 Å². The number of nitrogens with one attached hydrogen (secondary N) is 1. The first-order valence-electron chi connectivity index (χ1n) is 6.86. The molecule has 0 radical (unpaired) electrons. The number of hydrogen-bond donors (Lipinski definition) is 2. The van der Waals surface area contributed by atoms with Crippen LogP contribution in [0.15, 0.2) is 30.3 Å². The van der Waals surface area contributed by atoms with Gasteiger partial charge in [-0.2, -0.15) is 11.8 Å². The van der Waals surface area contributed by atoms with E-state index in [1.165, 1.54) is 5.56 Å². The largest absolute Gasteiger partial charge is 0.386 e. The summed E-state index contributed by atoms with van der Waals surface area (Å²) in [5.74, 6) is 1.33. The molecule has 2 rings (SSSR count). The van der Waals surface area contributed by atoms with Crippen LogP contribution in [-0.2, 0) is 16.0 Å². The van der Waals surface area contributed by atoms with Crippen LogP contribution < -0.4 is 5.32 Å². The van der Waals surface area contributed by atoms with Gasteiger partial charge in [0.1, 0.15) is 5.60 Å². The molecule has 0 aromatic heterocycles. The molecule has 1 aromatic rings. The van der Waals surface area contributed by atoms with Crippen molar-refractivity contribution in [2.24, 2.45) is 0 Å². The molecular formula is C15H21NO3S. The van der Waals surface area contributed by atoms with Gasteiger partial charge < -0.3 is 15.2 Å². The summed E-state index contributed by atoms with van der Waals surface area (Å²) in [5, 5.41) is 12.8. The number of benzene rings is 1. The van der Waals surface area contributed by atoms with Crippen molar-refractivity contribution >= 4 is 17.7 Å². The Morgan fingerprint density at radius 1 is 1.40 bits per heavy atom. The standard InChI is InChI=1S/C15H21NO3S/c17-14(16-11-15(18)7-8-19-12-15)10-20-9-6-13-4-2-1-3-5-13/h1-5,18H,6-12H2,(H,16,17). The van der Waals surface area contributed by atoms with E-state index in [1.54, 1.807) is 11.8 Å². The summed E-state index contributed by atoms with van der Waals surface area (Å²) >= 11 is 1.61. The maximum atomic E-state index is 11.7. The van der Waals surface area contributed by atoms with Gasteiger partial charge in [-0.25, -0.2) is 0 Å². The van der Waals surface area contributed by atoms with Crippen molar-refractivity contribution < 1.29 is 14.6 Å². The average Bonchev–Trinajstić information content (AvgIpc) is 2.90. The van der Waals surface area contributed by atoms with Crippen LogP contribution in [0.4, 0.5) is 0 Å². The maximum Gasteiger partial charge on any atom is 0.230 e. The zero-order chi connectivity index (χ0) is 14.3. The molecule has 110 valence electrons. The lowest BCUT2D eigenvalue weighted by molar-refractivity contribution is -0.119. The molecule has 5 heteroatoms. The molecule has 1 heterocycles. The molecule has 1 fully saturated rings. The van der Waals surface area contributed by atoms with Crippen molar-refractivity contribution in [1.82, 2.24) is 5.32 Å². The van der Waals surface area contributed by atoms with Crippen LogP contribution in [-0.4, -0.2) is 47.9 Å². The van der Waals surface area contributed by atoms with E-state index in [4.69, 9.17) is 4.74 Å². The van der Waals surface area contributed by atoms with E-state index in [1.807, 2.05) is 18.2 Å². The number of carbonyl (C=O) groups is 1. The second kappa shape index (κ2) is 7.67. The van der Waals surface area contributed by atoms with Crippen LogP contribution in [0.25, 0.3) is 0 Å². The monoisotopic (exact) mass is 295 g/mol. The molecule has 1 saturated heterocycles. The molecule has 1 aliphatic heterocycles. The number of carbonyl (C=O) groups excluding carboxylic acids is 1. The number of hydrogen-bond acceptors (Lipinski definition) is 4. The quantitative estimate of drug-likeness (QED) is 0.743. The molecule has 20 heavy (non-hydrogen) atoms. The number of rotatable bonds is 7. The lowest BCUT2D eigenvalue weighted by Crippen LogP contribution is -2.43. The van der Waals surface area contributed by atoms with Gasteiger partial charge in [0, 0.05) is 19.6 Å². The highest BCUT2D eigenvalue weighted by atomic mass is 32.2. The van der Waals surface area contributed by atoms with Gasteiger partial charge in [0.25, 0.3) is 0 Å². The van der Waals surface area contributed by atoms with E-state index < -0.39 is 5.60 Å². The van der Waals surface area contributed by atoms with E-state index in [-0.39, 0.29) is 12.5 Å². The van der Waals surface area contributed by atoms with Gasteiger partial charge in [0.15, 0.2) is 0 Å². The second-order valence-electron chi connectivity index (χ2n) is 5.09. The summed E-state index contributed by atoms with van der Waals surface area (Å²) in [5.41, 5.74) is 0.419. The zero-order valence-corrected chi connectivity index (χ0v) is 12.3. The summed E-state index contributed by atoms with van der Waals surface area (Å²) in [4.78, 5) is 11.7. The van der Waals surface area contributed by atoms with Gasteiger partial charge in [-0.1, -0.05) is 30.3 Å². The first-order valence-corrected chi connectivity index (χ1v) is 8.02. The Kier molecular flexibility index (Phi) is 5.88. The normalized spacial score (nSPS) is 21.9. The van der Waals surface area contributed by atoms with Crippen LogP contribution in [0.3, 0.4) is 0 Å². The predicted molar refractivity (Wildman–Crippen MR) is 80.9 cm³/mol. The molecule has 1 aliphatic rings. The van der Waals surface area contributed by atoms with Crippen LogP contribution >= 0.6 is 11.8 Å². The highest BCUT2D eigenvalue weighted by Crippen LogP contribution is 2.17. The summed E-state index contributed by atoms with van der Waals surface area (Å²) in [7, 11) is 0. The third-order valence-corrected chi connectivity index (χ3v) is 4.27. The molecule has 0 aliphatic carbocycles. The Morgan fingerprint density at radius 2 is 2.20 bits per heavy atom. The lowest BCUT2D eigenvalue weighted by Gasteiger charge is -2.20. The fourth-order valence-corrected chi connectivity index (χ4v) is 2.86. The van der Waals surface area contributed by atoms with Crippen molar-refractivity contribution in [3.8, 4) is 0 Å². The van der Waals surface area contributed by atoms with Crippen LogP contribution in [0, 0.1) is 0 Å². The summed E-state index contributed by atoms with van der Waals surface area (Å²) in [6.07, 6.45) is 1.56. The van der Waals surface area contributed by atoms with Gasteiger partial charge in [0.05, 0.1) is 12.4 Å². The third kappa shape index (κ3) is 5.15. The fraction of sp³-hybridized carbons (Fsp3) is 0.533. The number of ether oxygens (including phenoxy) is 1. The van der Waals surface area contributed by atoms with Crippen LogP contribution in [0.5, 0.6) is 0 Å². The third-order valence-electron chi connectivity index (χ3n) is 3.31. The van der Waals surface area contributed by atoms with Gasteiger partial charge in [-0.05, 0) is 17.7 Å². The van der Waals surface area contributed by atoms with Crippen molar-refractivity contribution in [3.63, 3.8) is 0 Å². The number of aliphatic hydroxyl groups is 1. The molecule has 1 unspecified atom stereocenters. The highest BCUT2D eigenvalue weighted by Gasteiger charge is 2.32. The van der Waals surface area contributed by atoms with Gasteiger partial charge >= 0.3 is 0 Å². The fourth-order valence-electron chi connectivity index (χ4n) is 2.05. The number of aryl methyl sites for hydroxylation is 1. The minimum atomic E-state index is -0.871. The summed E-state index contributed by atoms with van der Waals surface area (Å²) in [6, 6.07) is 10.2. The molecular weight excluding hydrogens is 274 g/mol. The Balaban J connectivity index is 1.56. The Morgan fingerprint density at radius 3 is 2.90 bits per heavy atom. The Labute approximate surface area is 123 Å². The van der Waals surface area contributed by atoms with E-state index in [9.17, 15) is 9.90 Å². The molecule has 1 aromatic carbocycles. The molecule has 0 saturated carbocycles. The molecule has 1 amide bonds. The number of amides is 1. The summed E-state index contributed by atoms with van der Waals surface area (Å²) < 4.78 is 5.13. The SMILES string of the molecule is O=C(CSCCc1ccccc1)NCC1(O)CCOC1. The smallest absolute Gasteiger partial charge is 0.230 e. The molecule has 1 atom stereocenters. The Bertz CT molecular complexity index is 418. The molecule has 2 N–H and O–H groups in total. The van der Waals surface area contributed by atoms with Crippen LogP contribution in [0.2, 0.25) is 0 Å². The molecule has 0 bridgehead atoms. The van der Waals surface area contributed by atoms with E-state index >= 15 is 0 Å². The van der Waals surface area contributed by atoms with Crippen LogP contribution in [0.1, 0.15) is 12.0 Å².